The van der Waals surface area contributed by atoms with E-state index in [0.29, 0.717) is 17.9 Å². The summed E-state index contributed by atoms with van der Waals surface area (Å²) in [5.41, 5.74) is 2.97. The highest BCUT2D eigenvalue weighted by Gasteiger charge is 2.24. The van der Waals surface area contributed by atoms with E-state index in [1.807, 2.05) is 30.3 Å². The van der Waals surface area contributed by atoms with E-state index in [1.54, 1.807) is 42.5 Å². The molecule has 0 radical (unpaired) electrons. The second-order valence-corrected chi connectivity index (χ2v) is 7.62. The molecule has 25 heavy (non-hydrogen) atoms. The molecule has 0 saturated carbocycles. The molecule has 0 amide bonds. The lowest BCUT2D eigenvalue weighted by Crippen LogP contribution is -2.25. The molecular weight excluding hydrogens is 338 g/mol. The SMILES string of the molecule is Cc1nn(Cc2ccccc2)c(C)c1S(=O)(=O)NCc1ccnn1C. The largest absolute Gasteiger partial charge is 0.271 e. The molecule has 1 aromatic carbocycles. The van der Waals surface area contributed by atoms with Crippen molar-refractivity contribution in [2.45, 2.75) is 31.8 Å². The van der Waals surface area contributed by atoms with Crippen molar-refractivity contribution < 1.29 is 8.42 Å². The summed E-state index contributed by atoms with van der Waals surface area (Å²) >= 11 is 0. The van der Waals surface area contributed by atoms with Crippen LogP contribution >= 0.6 is 0 Å². The quantitative estimate of drug-likeness (QED) is 0.727. The smallest absolute Gasteiger partial charge is 0.244 e. The van der Waals surface area contributed by atoms with E-state index in [2.05, 4.69) is 14.9 Å². The van der Waals surface area contributed by atoms with Crippen molar-refractivity contribution >= 4 is 10.0 Å². The average molecular weight is 359 g/mol. The van der Waals surface area contributed by atoms with Gasteiger partial charge in [-0.3, -0.25) is 9.36 Å². The Morgan fingerprint density at radius 3 is 2.48 bits per heavy atom. The van der Waals surface area contributed by atoms with Crippen molar-refractivity contribution in [3.8, 4) is 0 Å². The van der Waals surface area contributed by atoms with E-state index >= 15 is 0 Å². The number of aryl methyl sites for hydroxylation is 2. The monoisotopic (exact) mass is 359 g/mol. The van der Waals surface area contributed by atoms with Gasteiger partial charge in [0.25, 0.3) is 0 Å². The average Bonchev–Trinajstić information content (AvgIpc) is 3.10. The van der Waals surface area contributed by atoms with Gasteiger partial charge in [-0.1, -0.05) is 30.3 Å². The van der Waals surface area contributed by atoms with Gasteiger partial charge in [0.15, 0.2) is 0 Å². The van der Waals surface area contributed by atoms with Crippen molar-refractivity contribution in [3.05, 3.63) is 65.2 Å². The normalized spacial score (nSPS) is 11.8. The number of aromatic nitrogens is 4. The van der Waals surface area contributed by atoms with E-state index in [4.69, 9.17) is 0 Å². The second-order valence-electron chi connectivity index (χ2n) is 5.91. The predicted molar refractivity (Wildman–Crippen MR) is 94.5 cm³/mol. The molecule has 0 aliphatic heterocycles. The van der Waals surface area contributed by atoms with Gasteiger partial charge in [-0.15, -0.1) is 0 Å². The van der Waals surface area contributed by atoms with Gasteiger partial charge in [-0.05, 0) is 25.5 Å². The molecule has 0 unspecified atom stereocenters. The van der Waals surface area contributed by atoms with E-state index in [-0.39, 0.29) is 11.4 Å². The first-order valence-corrected chi connectivity index (χ1v) is 9.41. The van der Waals surface area contributed by atoms with Gasteiger partial charge in [-0.2, -0.15) is 10.2 Å². The summed E-state index contributed by atoms with van der Waals surface area (Å²) in [4.78, 5) is 0.241. The maximum absolute atomic E-state index is 12.8. The highest BCUT2D eigenvalue weighted by atomic mass is 32.2. The molecule has 0 atom stereocenters. The Balaban J connectivity index is 1.85. The number of hydrogen-bond acceptors (Lipinski definition) is 4. The summed E-state index contributed by atoms with van der Waals surface area (Å²) < 4.78 is 31.5. The topological polar surface area (TPSA) is 81.8 Å². The second kappa shape index (κ2) is 6.81. The molecule has 7 nitrogen and oxygen atoms in total. The third-order valence-corrected chi connectivity index (χ3v) is 5.78. The van der Waals surface area contributed by atoms with E-state index in [0.717, 1.165) is 11.3 Å². The summed E-state index contributed by atoms with van der Waals surface area (Å²) in [7, 11) is -1.88. The number of benzene rings is 1. The van der Waals surface area contributed by atoms with Crippen LogP contribution in [-0.2, 0) is 30.2 Å². The zero-order valence-corrected chi connectivity index (χ0v) is 15.3. The van der Waals surface area contributed by atoms with Gasteiger partial charge in [0, 0.05) is 13.2 Å². The van der Waals surface area contributed by atoms with Crippen LogP contribution in [0.15, 0.2) is 47.5 Å². The van der Waals surface area contributed by atoms with Crippen LogP contribution in [0.25, 0.3) is 0 Å². The number of hydrogen-bond donors (Lipinski definition) is 1. The molecule has 8 heteroatoms. The summed E-state index contributed by atoms with van der Waals surface area (Å²) in [6.45, 7) is 4.21. The van der Waals surface area contributed by atoms with Gasteiger partial charge in [0.2, 0.25) is 10.0 Å². The van der Waals surface area contributed by atoms with E-state index < -0.39 is 10.0 Å². The highest BCUT2D eigenvalue weighted by molar-refractivity contribution is 7.89. The third-order valence-electron chi connectivity index (χ3n) is 4.12. The third kappa shape index (κ3) is 3.64. The zero-order chi connectivity index (χ0) is 18.0. The van der Waals surface area contributed by atoms with E-state index in [1.165, 1.54) is 0 Å². The summed E-state index contributed by atoms with van der Waals surface area (Å²) in [6.07, 6.45) is 1.64. The first-order chi connectivity index (χ1) is 11.9. The van der Waals surface area contributed by atoms with Crippen LogP contribution in [0.3, 0.4) is 0 Å². The van der Waals surface area contributed by atoms with Crippen molar-refractivity contribution in [2.24, 2.45) is 7.05 Å². The predicted octanol–water partition coefficient (Wildman–Crippen LogP) is 1.76. The lowest BCUT2D eigenvalue weighted by atomic mass is 10.2. The van der Waals surface area contributed by atoms with Crippen LogP contribution in [-0.4, -0.2) is 28.0 Å². The maximum Gasteiger partial charge on any atom is 0.244 e. The van der Waals surface area contributed by atoms with Crippen LogP contribution in [0.5, 0.6) is 0 Å². The van der Waals surface area contributed by atoms with Crippen LogP contribution < -0.4 is 4.72 Å². The fraction of sp³-hybridized carbons (Fsp3) is 0.294. The standard InChI is InChI=1S/C17H21N5O2S/c1-13-17(25(23,24)19-11-16-9-10-18-21(16)3)14(2)22(20-13)12-15-7-5-4-6-8-15/h4-10,19H,11-12H2,1-3H3. The molecular formula is C17H21N5O2S. The van der Waals surface area contributed by atoms with Crippen LogP contribution in [0.4, 0.5) is 0 Å². The van der Waals surface area contributed by atoms with Crippen molar-refractivity contribution in [1.29, 1.82) is 0 Å². The zero-order valence-electron chi connectivity index (χ0n) is 14.5. The Kier molecular flexibility index (Phi) is 4.73. The van der Waals surface area contributed by atoms with E-state index in [9.17, 15) is 8.42 Å². The minimum Gasteiger partial charge on any atom is -0.271 e. The Hall–Kier alpha value is -2.45. The summed E-state index contributed by atoms with van der Waals surface area (Å²) in [6, 6.07) is 11.6. The van der Waals surface area contributed by atoms with Gasteiger partial charge >= 0.3 is 0 Å². The Morgan fingerprint density at radius 2 is 1.84 bits per heavy atom. The molecule has 0 aliphatic rings. The van der Waals surface area contributed by atoms with Gasteiger partial charge in [-0.25, -0.2) is 13.1 Å². The summed E-state index contributed by atoms with van der Waals surface area (Å²) in [5.74, 6) is 0. The molecule has 1 N–H and O–H groups in total. The first-order valence-electron chi connectivity index (χ1n) is 7.93. The summed E-state index contributed by atoms with van der Waals surface area (Å²) in [5, 5.41) is 8.46. The van der Waals surface area contributed by atoms with Crippen LogP contribution in [0.1, 0.15) is 22.6 Å². The van der Waals surface area contributed by atoms with Gasteiger partial charge in [0.1, 0.15) is 4.90 Å². The molecule has 0 fully saturated rings. The lowest BCUT2D eigenvalue weighted by molar-refractivity contribution is 0.575. The van der Waals surface area contributed by atoms with Gasteiger partial charge in [0.05, 0.1) is 30.2 Å². The van der Waals surface area contributed by atoms with Crippen molar-refractivity contribution in [2.75, 3.05) is 0 Å². The molecule has 3 aromatic rings. The lowest BCUT2D eigenvalue weighted by Gasteiger charge is -2.08. The van der Waals surface area contributed by atoms with Crippen LogP contribution in [0.2, 0.25) is 0 Å². The first kappa shape index (κ1) is 17.4. The molecule has 2 heterocycles. The van der Waals surface area contributed by atoms with Crippen LogP contribution in [0, 0.1) is 13.8 Å². The molecule has 0 aliphatic carbocycles. The molecule has 2 aromatic heterocycles. The number of sulfonamides is 1. The fourth-order valence-corrected chi connectivity index (χ4v) is 4.20. The molecule has 0 bridgehead atoms. The maximum atomic E-state index is 12.8. The van der Waals surface area contributed by atoms with Crippen molar-refractivity contribution in [3.63, 3.8) is 0 Å². The highest BCUT2D eigenvalue weighted by Crippen LogP contribution is 2.20. The fourth-order valence-electron chi connectivity index (χ4n) is 2.80. The molecule has 0 saturated heterocycles. The molecule has 132 valence electrons. The number of nitrogens with one attached hydrogen (secondary N) is 1. The molecule has 0 spiro atoms. The Morgan fingerprint density at radius 1 is 1.12 bits per heavy atom. The Labute approximate surface area is 147 Å². The minimum atomic E-state index is -3.66. The minimum absolute atomic E-state index is 0.182. The number of rotatable bonds is 6. The molecule has 3 rings (SSSR count). The number of nitrogens with zero attached hydrogens (tertiary/aromatic N) is 4. The van der Waals surface area contributed by atoms with Gasteiger partial charge < -0.3 is 0 Å². The Bertz CT molecular complexity index is 974. The van der Waals surface area contributed by atoms with Crippen molar-refractivity contribution in [1.82, 2.24) is 24.3 Å².